The van der Waals surface area contributed by atoms with E-state index in [1.54, 1.807) is 18.2 Å². The lowest BCUT2D eigenvalue weighted by Gasteiger charge is -2.25. The number of hydrogen-bond donors (Lipinski definition) is 3. The SMILES string of the molecule is CCOc1cccc(O)c1-c1cc(C2CCNCC2)c(C#N)c(N)n1. The Morgan fingerprint density at radius 2 is 2.16 bits per heavy atom. The summed E-state index contributed by atoms with van der Waals surface area (Å²) >= 11 is 0. The molecule has 1 aromatic carbocycles. The molecule has 1 saturated heterocycles. The molecule has 0 bridgehead atoms. The van der Waals surface area contributed by atoms with Gasteiger partial charge in [0.15, 0.2) is 0 Å². The lowest BCUT2D eigenvalue weighted by Crippen LogP contribution is -2.27. The molecule has 1 aliphatic rings. The summed E-state index contributed by atoms with van der Waals surface area (Å²) in [6.45, 7) is 4.18. The molecular weight excluding hydrogens is 316 g/mol. The fraction of sp³-hybridized carbons (Fsp3) is 0.368. The van der Waals surface area contributed by atoms with Crippen LogP contribution in [0.15, 0.2) is 24.3 Å². The monoisotopic (exact) mass is 338 g/mol. The van der Waals surface area contributed by atoms with E-state index in [0.29, 0.717) is 29.2 Å². The van der Waals surface area contributed by atoms with E-state index in [2.05, 4.69) is 16.4 Å². The number of anilines is 1. The number of nitrogens with two attached hydrogens (primary N) is 1. The zero-order valence-electron chi connectivity index (χ0n) is 14.2. The van der Waals surface area contributed by atoms with Crippen LogP contribution in [0.5, 0.6) is 11.5 Å². The maximum Gasteiger partial charge on any atom is 0.142 e. The van der Waals surface area contributed by atoms with E-state index in [1.807, 2.05) is 13.0 Å². The van der Waals surface area contributed by atoms with Gasteiger partial charge in [-0.3, -0.25) is 0 Å². The van der Waals surface area contributed by atoms with Gasteiger partial charge in [0.25, 0.3) is 0 Å². The topological polar surface area (TPSA) is 104 Å². The van der Waals surface area contributed by atoms with Gasteiger partial charge in [-0.15, -0.1) is 0 Å². The smallest absolute Gasteiger partial charge is 0.142 e. The molecular formula is C19H22N4O2. The number of phenols is 1. The van der Waals surface area contributed by atoms with Gasteiger partial charge in [0, 0.05) is 0 Å². The minimum Gasteiger partial charge on any atom is -0.507 e. The first-order chi connectivity index (χ1) is 12.2. The number of nitrogens with one attached hydrogen (secondary N) is 1. The van der Waals surface area contributed by atoms with Crippen molar-refractivity contribution in [1.82, 2.24) is 10.3 Å². The standard InChI is InChI=1S/C19H22N4O2/c1-2-25-17-5-3-4-16(24)18(17)15-10-13(12-6-8-22-9-7-12)14(11-20)19(21)23-15/h3-5,10,12,22,24H,2,6-9H2,1H3,(H2,21,23). The number of nitrogens with zero attached hydrogens (tertiary/aromatic N) is 2. The second-order valence-corrected chi connectivity index (χ2v) is 6.08. The predicted molar refractivity (Wildman–Crippen MR) is 96.5 cm³/mol. The van der Waals surface area contributed by atoms with E-state index in [0.717, 1.165) is 31.5 Å². The highest BCUT2D eigenvalue weighted by Gasteiger charge is 2.23. The Balaban J connectivity index is 2.16. The van der Waals surface area contributed by atoms with Gasteiger partial charge in [-0.2, -0.15) is 5.26 Å². The Kier molecular flexibility index (Phi) is 5.05. The second-order valence-electron chi connectivity index (χ2n) is 6.08. The van der Waals surface area contributed by atoms with Crippen molar-refractivity contribution in [2.75, 3.05) is 25.4 Å². The minimum atomic E-state index is 0.0822. The lowest BCUT2D eigenvalue weighted by atomic mass is 9.86. The van der Waals surface area contributed by atoms with Crippen LogP contribution in [0.2, 0.25) is 0 Å². The van der Waals surface area contributed by atoms with Crippen LogP contribution in [0.3, 0.4) is 0 Å². The van der Waals surface area contributed by atoms with E-state index < -0.39 is 0 Å². The summed E-state index contributed by atoms with van der Waals surface area (Å²) in [5, 5.41) is 23.2. The second kappa shape index (κ2) is 7.41. The molecule has 0 aliphatic carbocycles. The molecule has 0 amide bonds. The Hall–Kier alpha value is -2.78. The number of nitrogen functional groups attached to an aromatic ring is 1. The summed E-state index contributed by atoms with van der Waals surface area (Å²) in [5.74, 6) is 1.08. The van der Waals surface area contributed by atoms with Crippen LogP contribution in [0.25, 0.3) is 11.3 Å². The molecule has 2 heterocycles. The van der Waals surface area contributed by atoms with Crippen LogP contribution >= 0.6 is 0 Å². The quantitative estimate of drug-likeness (QED) is 0.792. The average Bonchev–Trinajstić information content (AvgIpc) is 2.62. The predicted octanol–water partition coefficient (Wildman–Crippen LogP) is 2.77. The van der Waals surface area contributed by atoms with Gasteiger partial charge < -0.3 is 20.9 Å². The largest absolute Gasteiger partial charge is 0.507 e. The molecule has 25 heavy (non-hydrogen) atoms. The van der Waals surface area contributed by atoms with E-state index in [9.17, 15) is 10.4 Å². The van der Waals surface area contributed by atoms with Crippen LogP contribution in [0.1, 0.15) is 36.8 Å². The summed E-state index contributed by atoms with van der Waals surface area (Å²) in [6.07, 6.45) is 1.88. The molecule has 6 nitrogen and oxygen atoms in total. The summed E-state index contributed by atoms with van der Waals surface area (Å²) in [7, 11) is 0. The maximum absolute atomic E-state index is 10.4. The van der Waals surface area contributed by atoms with Gasteiger partial charge >= 0.3 is 0 Å². The molecule has 4 N–H and O–H groups in total. The van der Waals surface area contributed by atoms with E-state index in [1.165, 1.54) is 0 Å². The maximum atomic E-state index is 10.4. The number of benzene rings is 1. The first-order valence-electron chi connectivity index (χ1n) is 8.52. The van der Waals surface area contributed by atoms with Crippen molar-refractivity contribution in [3.8, 4) is 28.8 Å². The fourth-order valence-corrected chi connectivity index (χ4v) is 3.34. The molecule has 3 rings (SSSR count). The molecule has 1 fully saturated rings. The number of piperidine rings is 1. The van der Waals surface area contributed by atoms with Gasteiger partial charge in [-0.25, -0.2) is 4.98 Å². The van der Waals surface area contributed by atoms with Gasteiger partial charge in [0.1, 0.15) is 23.4 Å². The highest BCUT2D eigenvalue weighted by molar-refractivity contribution is 5.76. The third kappa shape index (κ3) is 3.37. The van der Waals surface area contributed by atoms with Crippen molar-refractivity contribution in [1.29, 1.82) is 5.26 Å². The number of phenolic OH excluding ortho intramolecular Hbond substituents is 1. The fourth-order valence-electron chi connectivity index (χ4n) is 3.34. The van der Waals surface area contributed by atoms with E-state index in [4.69, 9.17) is 10.5 Å². The van der Waals surface area contributed by atoms with Gasteiger partial charge in [-0.05, 0) is 62.5 Å². The van der Waals surface area contributed by atoms with Crippen molar-refractivity contribution >= 4 is 5.82 Å². The molecule has 0 radical (unpaired) electrons. The normalized spacial score (nSPS) is 14.9. The third-order valence-corrected chi connectivity index (χ3v) is 4.53. The minimum absolute atomic E-state index is 0.0822. The molecule has 0 atom stereocenters. The number of ether oxygens (including phenoxy) is 1. The number of aromatic nitrogens is 1. The first-order valence-corrected chi connectivity index (χ1v) is 8.52. The molecule has 0 spiro atoms. The summed E-state index contributed by atoms with van der Waals surface area (Å²) in [4.78, 5) is 4.37. The van der Waals surface area contributed by atoms with Gasteiger partial charge in [-0.1, -0.05) is 6.07 Å². The number of nitriles is 1. The Morgan fingerprint density at radius 3 is 2.84 bits per heavy atom. The van der Waals surface area contributed by atoms with Crippen LogP contribution in [-0.2, 0) is 0 Å². The first kappa shape index (κ1) is 17.1. The van der Waals surface area contributed by atoms with Crippen LogP contribution in [-0.4, -0.2) is 29.8 Å². The molecule has 1 aromatic heterocycles. The van der Waals surface area contributed by atoms with Crippen molar-refractivity contribution in [2.24, 2.45) is 0 Å². The van der Waals surface area contributed by atoms with E-state index in [-0.39, 0.29) is 17.5 Å². The molecule has 130 valence electrons. The summed E-state index contributed by atoms with van der Waals surface area (Å²) in [6, 6.07) is 9.18. The van der Waals surface area contributed by atoms with Crippen molar-refractivity contribution < 1.29 is 9.84 Å². The summed E-state index contributed by atoms with van der Waals surface area (Å²) in [5.41, 5.74) is 8.46. The molecule has 1 aliphatic heterocycles. The van der Waals surface area contributed by atoms with Crippen molar-refractivity contribution in [3.05, 3.63) is 35.4 Å². The van der Waals surface area contributed by atoms with Gasteiger partial charge in [0.2, 0.25) is 0 Å². The lowest BCUT2D eigenvalue weighted by molar-refractivity contribution is 0.339. The number of aromatic hydroxyl groups is 1. The van der Waals surface area contributed by atoms with E-state index >= 15 is 0 Å². The Labute approximate surface area is 147 Å². The number of pyridine rings is 1. The molecule has 0 unspecified atom stereocenters. The number of hydrogen-bond acceptors (Lipinski definition) is 6. The zero-order valence-corrected chi connectivity index (χ0v) is 14.2. The van der Waals surface area contributed by atoms with Gasteiger partial charge in [0.05, 0.1) is 23.4 Å². The number of rotatable bonds is 4. The highest BCUT2D eigenvalue weighted by atomic mass is 16.5. The summed E-state index contributed by atoms with van der Waals surface area (Å²) < 4.78 is 5.64. The third-order valence-electron chi connectivity index (χ3n) is 4.53. The molecule has 6 heteroatoms. The van der Waals surface area contributed by atoms with Crippen molar-refractivity contribution in [2.45, 2.75) is 25.7 Å². The van der Waals surface area contributed by atoms with Crippen LogP contribution < -0.4 is 15.8 Å². The Bertz CT molecular complexity index is 808. The van der Waals surface area contributed by atoms with Crippen LogP contribution in [0.4, 0.5) is 5.82 Å². The Morgan fingerprint density at radius 1 is 1.40 bits per heavy atom. The van der Waals surface area contributed by atoms with Crippen LogP contribution in [0, 0.1) is 11.3 Å². The highest BCUT2D eigenvalue weighted by Crippen LogP contribution is 2.40. The average molecular weight is 338 g/mol. The molecule has 2 aromatic rings. The zero-order chi connectivity index (χ0) is 17.8. The van der Waals surface area contributed by atoms with Crippen molar-refractivity contribution in [3.63, 3.8) is 0 Å². The molecule has 0 saturated carbocycles.